The standard InChI is InChI=1S/C22H27N3O2S/c1-16-7-8-18(14-17(16)2)21(26)23-20(15-19-6-4-13-28-19)22(27)25-10-5-9-24(3)11-12-25/h4,6-8,13-15H,5,9-12H2,1-3H3,(H,23,26)/b20-15+. The molecule has 2 aromatic rings. The molecule has 0 bridgehead atoms. The molecule has 0 spiro atoms. The fourth-order valence-electron chi connectivity index (χ4n) is 3.16. The first kappa shape index (κ1) is 20.3. The van der Waals surface area contributed by atoms with E-state index in [0.29, 0.717) is 24.4 Å². The highest BCUT2D eigenvalue weighted by Gasteiger charge is 2.23. The van der Waals surface area contributed by atoms with Crippen molar-refractivity contribution in [2.75, 3.05) is 33.2 Å². The number of hydrogen-bond donors (Lipinski definition) is 1. The van der Waals surface area contributed by atoms with Crippen molar-refractivity contribution in [3.63, 3.8) is 0 Å². The van der Waals surface area contributed by atoms with E-state index in [4.69, 9.17) is 0 Å². The summed E-state index contributed by atoms with van der Waals surface area (Å²) < 4.78 is 0. The molecule has 1 N–H and O–H groups in total. The fraction of sp³-hybridized carbons (Fsp3) is 0.364. The van der Waals surface area contributed by atoms with E-state index in [1.165, 1.54) is 0 Å². The Morgan fingerprint density at radius 3 is 2.61 bits per heavy atom. The van der Waals surface area contributed by atoms with Crippen LogP contribution in [0.3, 0.4) is 0 Å². The smallest absolute Gasteiger partial charge is 0.270 e. The molecule has 28 heavy (non-hydrogen) atoms. The third-order valence-electron chi connectivity index (χ3n) is 5.08. The van der Waals surface area contributed by atoms with E-state index in [1.54, 1.807) is 23.5 Å². The van der Waals surface area contributed by atoms with Gasteiger partial charge in [0.25, 0.3) is 11.8 Å². The zero-order valence-corrected chi connectivity index (χ0v) is 17.5. The SMILES string of the molecule is Cc1ccc(C(=O)N/C(=C/c2cccs2)C(=O)N2CCCN(C)CC2)cc1C. The summed E-state index contributed by atoms with van der Waals surface area (Å²) in [6.07, 6.45) is 2.71. The van der Waals surface area contributed by atoms with Crippen LogP contribution in [0.25, 0.3) is 6.08 Å². The Morgan fingerprint density at radius 2 is 1.89 bits per heavy atom. The molecular formula is C22H27N3O2S. The van der Waals surface area contributed by atoms with Crippen LogP contribution in [0.2, 0.25) is 0 Å². The number of nitrogens with zero attached hydrogens (tertiary/aromatic N) is 2. The number of likely N-dealkylation sites (N-methyl/N-ethyl adjacent to an activating group) is 1. The van der Waals surface area contributed by atoms with Gasteiger partial charge < -0.3 is 15.1 Å². The van der Waals surface area contributed by atoms with Crippen molar-refractivity contribution in [2.24, 2.45) is 0 Å². The summed E-state index contributed by atoms with van der Waals surface area (Å²) in [6, 6.07) is 9.46. The monoisotopic (exact) mass is 397 g/mol. The zero-order chi connectivity index (χ0) is 20.1. The molecule has 0 saturated carbocycles. The first-order chi connectivity index (χ1) is 13.4. The van der Waals surface area contributed by atoms with E-state index in [9.17, 15) is 9.59 Å². The summed E-state index contributed by atoms with van der Waals surface area (Å²) in [5, 5.41) is 4.83. The number of amides is 2. The second-order valence-electron chi connectivity index (χ2n) is 7.28. The summed E-state index contributed by atoms with van der Waals surface area (Å²) in [6.45, 7) is 7.17. The Balaban J connectivity index is 1.83. The van der Waals surface area contributed by atoms with E-state index >= 15 is 0 Å². The van der Waals surface area contributed by atoms with E-state index in [0.717, 1.165) is 35.5 Å². The predicted molar refractivity (Wildman–Crippen MR) is 114 cm³/mol. The summed E-state index contributed by atoms with van der Waals surface area (Å²) in [7, 11) is 2.07. The van der Waals surface area contributed by atoms with Gasteiger partial charge >= 0.3 is 0 Å². The molecule has 1 aromatic heterocycles. The summed E-state index contributed by atoms with van der Waals surface area (Å²) in [4.78, 5) is 31.0. The highest BCUT2D eigenvalue weighted by Crippen LogP contribution is 2.16. The van der Waals surface area contributed by atoms with Gasteiger partial charge in [0.2, 0.25) is 0 Å². The average molecular weight is 398 g/mol. The van der Waals surface area contributed by atoms with E-state index in [2.05, 4.69) is 17.3 Å². The summed E-state index contributed by atoms with van der Waals surface area (Å²) in [5.74, 6) is -0.382. The molecular weight excluding hydrogens is 370 g/mol. The lowest BCUT2D eigenvalue weighted by Gasteiger charge is -2.22. The molecule has 1 saturated heterocycles. The third-order valence-corrected chi connectivity index (χ3v) is 5.90. The van der Waals surface area contributed by atoms with E-state index in [-0.39, 0.29) is 11.8 Å². The maximum atomic E-state index is 13.2. The molecule has 5 nitrogen and oxygen atoms in total. The van der Waals surface area contributed by atoms with Gasteiger partial charge in [0.15, 0.2) is 0 Å². The number of thiophene rings is 1. The van der Waals surface area contributed by atoms with E-state index in [1.807, 2.05) is 48.4 Å². The van der Waals surface area contributed by atoms with Gasteiger partial charge in [-0.25, -0.2) is 0 Å². The van der Waals surface area contributed by atoms with Gasteiger partial charge in [0.1, 0.15) is 5.70 Å². The molecule has 1 aromatic carbocycles. The van der Waals surface area contributed by atoms with Crippen LogP contribution in [0, 0.1) is 13.8 Å². The number of carbonyl (C=O) groups excluding carboxylic acids is 2. The van der Waals surface area contributed by atoms with Crippen LogP contribution in [-0.4, -0.2) is 54.8 Å². The average Bonchev–Trinajstić information content (AvgIpc) is 3.09. The predicted octanol–water partition coefficient (Wildman–Crippen LogP) is 3.30. The van der Waals surface area contributed by atoms with Crippen molar-refractivity contribution >= 4 is 29.2 Å². The Morgan fingerprint density at radius 1 is 1.07 bits per heavy atom. The molecule has 3 rings (SSSR count). The second-order valence-corrected chi connectivity index (χ2v) is 8.25. The van der Waals surface area contributed by atoms with Crippen LogP contribution < -0.4 is 5.32 Å². The molecule has 0 radical (unpaired) electrons. The number of aryl methyl sites for hydroxylation is 2. The number of carbonyl (C=O) groups is 2. The fourth-order valence-corrected chi connectivity index (χ4v) is 3.82. The second kappa shape index (κ2) is 9.17. The lowest BCUT2D eigenvalue weighted by Crippen LogP contribution is -2.40. The van der Waals surface area contributed by atoms with Gasteiger partial charge in [0.05, 0.1) is 0 Å². The number of nitrogens with one attached hydrogen (secondary N) is 1. The molecule has 0 aliphatic carbocycles. The van der Waals surface area contributed by atoms with Crippen molar-refractivity contribution in [1.82, 2.24) is 15.1 Å². The Labute approximate surface area is 170 Å². The van der Waals surface area contributed by atoms with Crippen LogP contribution in [0.1, 0.15) is 32.8 Å². The minimum absolute atomic E-state index is 0.124. The first-order valence-corrected chi connectivity index (χ1v) is 10.4. The van der Waals surface area contributed by atoms with Crippen LogP contribution in [0.5, 0.6) is 0 Å². The van der Waals surface area contributed by atoms with Gasteiger partial charge in [-0.1, -0.05) is 12.1 Å². The van der Waals surface area contributed by atoms with Crippen LogP contribution in [0.4, 0.5) is 0 Å². The molecule has 6 heteroatoms. The summed E-state index contributed by atoms with van der Waals surface area (Å²) >= 11 is 1.54. The number of benzene rings is 1. The molecule has 1 fully saturated rings. The largest absolute Gasteiger partial charge is 0.336 e. The maximum Gasteiger partial charge on any atom is 0.270 e. The Hall–Kier alpha value is -2.44. The van der Waals surface area contributed by atoms with Crippen molar-refractivity contribution in [2.45, 2.75) is 20.3 Å². The lowest BCUT2D eigenvalue weighted by molar-refractivity contribution is -0.127. The molecule has 148 valence electrons. The number of rotatable bonds is 4. The maximum absolute atomic E-state index is 13.2. The van der Waals surface area contributed by atoms with E-state index < -0.39 is 0 Å². The Kier molecular flexibility index (Phi) is 6.65. The molecule has 0 atom stereocenters. The molecule has 2 amide bonds. The van der Waals surface area contributed by atoms with Crippen molar-refractivity contribution in [3.05, 3.63) is 63.0 Å². The summed E-state index contributed by atoms with van der Waals surface area (Å²) in [5.41, 5.74) is 3.08. The van der Waals surface area contributed by atoms with Crippen molar-refractivity contribution < 1.29 is 9.59 Å². The molecule has 2 heterocycles. The minimum atomic E-state index is -0.258. The van der Waals surface area contributed by atoms with Crippen LogP contribution in [0.15, 0.2) is 41.4 Å². The van der Waals surface area contributed by atoms with Gasteiger partial charge in [-0.3, -0.25) is 9.59 Å². The molecule has 0 unspecified atom stereocenters. The number of hydrogen-bond acceptors (Lipinski definition) is 4. The topological polar surface area (TPSA) is 52.7 Å². The molecule has 1 aliphatic rings. The van der Waals surface area contributed by atoms with Crippen molar-refractivity contribution in [1.29, 1.82) is 0 Å². The van der Waals surface area contributed by atoms with Gasteiger partial charge in [-0.05, 0) is 74.6 Å². The molecule has 1 aliphatic heterocycles. The van der Waals surface area contributed by atoms with Crippen LogP contribution >= 0.6 is 11.3 Å². The van der Waals surface area contributed by atoms with Crippen LogP contribution in [-0.2, 0) is 4.79 Å². The van der Waals surface area contributed by atoms with Crippen molar-refractivity contribution in [3.8, 4) is 0 Å². The van der Waals surface area contributed by atoms with Gasteiger partial charge in [-0.15, -0.1) is 11.3 Å². The van der Waals surface area contributed by atoms with Gasteiger partial charge in [0, 0.05) is 30.1 Å². The highest BCUT2D eigenvalue weighted by molar-refractivity contribution is 7.10. The van der Waals surface area contributed by atoms with Gasteiger partial charge in [-0.2, -0.15) is 0 Å². The quantitative estimate of drug-likeness (QED) is 0.806. The first-order valence-electron chi connectivity index (χ1n) is 9.55. The Bertz CT molecular complexity index is 874. The minimum Gasteiger partial charge on any atom is -0.336 e. The zero-order valence-electron chi connectivity index (χ0n) is 16.7. The highest BCUT2D eigenvalue weighted by atomic mass is 32.1. The third kappa shape index (κ3) is 5.09. The normalized spacial score (nSPS) is 16.0. The lowest BCUT2D eigenvalue weighted by atomic mass is 10.1.